The molecule has 1 aromatic carbocycles. The van der Waals surface area contributed by atoms with Gasteiger partial charge in [-0.1, -0.05) is 30.3 Å². The molecule has 5 nitrogen and oxygen atoms in total. The maximum atomic E-state index is 12.4. The second-order valence-corrected chi connectivity index (χ2v) is 7.81. The van der Waals surface area contributed by atoms with Crippen molar-refractivity contribution in [2.45, 2.75) is 62.9 Å². The molecule has 132 valence electrons. The van der Waals surface area contributed by atoms with Crippen LogP contribution in [0.15, 0.2) is 30.3 Å². The highest BCUT2D eigenvalue weighted by Crippen LogP contribution is 2.43. The third kappa shape index (κ3) is 3.63. The van der Waals surface area contributed by atoms with Gasteiger partial charge in [-0.05, 0) is 32.3 Å². The van der Waals surface area contributed by atoms with Crippen LogP contribution >= 0.6 is 0 Å². The van der Waals surface area contributed by atoms with Gasteiger partial charge in [0.25, 0.3) is 0 Å². The lowest BCUT2D eigenvalue weighted by atomic mass is 9.80. The number of carbonyl (C=O) groups excluding carboxylic acids is 1. The summed E-state index contributed by atoms with van der Waals surface area (Å²) in [5.74, 6) is -0.0201. The first kappa shape index (κ1) is 17.4. The summed E-state index contributed by atoms with van der Waals surface area (Å²) in [6, 6.07) is 10.1. The SMILES string of the molecule is CC(C)(N)C(=O)N1CCC2(CC1)C[C@H](O)C[C@H](c1ccccc1)O2. The molecule has 0 unspecified atom stereocenters. The van der Waals surface area contributed by atoms with Crippen molar-refractivity contribution in [2.75, 3.05) is 13.1 Å². The van der Waals surface area contributed by atoms with Crippen molar-refractivity contribution >= 4 is 5.91 Å². The van der Waals surface area contributed by atoms with E-state index in [1.54, 1.807) is 13.8 Å². The third-order valence-corrected chi connectivity index (χ3v) is 5.17. The zero-order valence-electron chi connectivity index (χ0n) is 14.6. The number of hydrogen-bond acceptors (Lipinski definition) is 4. The standard InChI is InChI=1S/C19H28N2O3/c1-18(2,20)17(23)21-10-8-19(9-11-21)13-15(22)12-16(24-19)14-6-4-3-5-7-14/h3-7,15-16,22H,8-13,20H2,1-2H3/t15-,16-/m1/s1. The Kier molecular flexibility index (Phi) is 4.69. The average Bonchev–Trinajstić information content (AvgIpc) is 2.54. The third-order valence-electron chi connectivity index (χ3n) is 5.17. The fraction of sp³-hybridized carbons (Fsp3) is 0.632. The van der Waals surface area contributed by atoms with Gasteiger partial charge < -0.3 is 20.5 Å². The smallest absolute Gasteiger partial charge is 0.242 e. The number of likely N-dealkylation sites (tertiary alicyclic amines) is 1. The van der Waals surface area contributed by atoms with E-state index in [-0.39, 0.29) is 23.7 Å². The summed E-state index contributed by atoms with van der Waals surface area (Å²) >= 11 is 0. The summed E-state index contributed by atoms with van der Waals surface area (Å²) < 4.78 is 6.46. The predicted octanol–water partition coefficient (Wildman–Crippen LogP) is 2.00. The van der Waals surface area contributed by atoms with Crippen molar-refractivity contribution in [1.82, 2.24) is 4.90 Å². The normalized spacial score (nSPS) is 27.2. The molecule has 0 saturated carbocycles. The van der Waals surface area contributed by atoms with Crippen molar-refractivity contribution in [3.05, 3.63) is 35.9 Å². The number of aliphatic hydroxyl groups is 1. The van der Waals surface area contributed by atoms with Crippen LogP contribution in [-0.4, -0.2) is 46.2 Å². The van der Waals surface area contributed by atoms with Crippen molar-refractivity contribution in [1.29, 1.82) is 0 Å². The summed E-state index contributed by atoms with van der Waals surface area (Å²) in [5.41, 5.74) is 5.86. The minimum Gasteiger partial charge on any atom is -0.393 e. The van der Waals surface area contributed by atoms with E-state index < -0.39 is 5.54 Å². The number of piperidine rings is 1. The number of carbonyl (C=O) groups is 1. The number of amides is 1. The van der Waals surface area contributed by atoms with Crippen LogP contribution in [0.2, 0.25) is 0 Å². The Labute approximate surface area is 143 Å². The number of rotatable bonds is 2. The van der Waals surface area contributed by atoms with E-state index in [1.807, 2.05) is 35.2 Å². The predicted molar refractivity (Wildman–Crippen MR) is 92.3 cm³/mol. The molecule has 0 aromatic heterocycles. The molecular weight excluding hydrogens is 304 g/mol. The van der Waals surface area contributed by atoms with E-state index in [4.69, 9.17) is 10.5 Å². The summed E-state index contributed by atoms with van der Waals surface area (Å²) in [7, 11) is 0. The Balaban J connectivity index is 1.69. The van der Waals surface area contributed by atoms with Gasteiger partial charge in [0.2, 0.25) is 5.91 Å². The van der Waals surface area contributed by atoms with Gasteiger partial charge in [-0.25, -0.2) is 0 Å². The molecule has 0 bridgehead atoms. The number of benzene rings is 1. The zero-order chi connectivity index (χ0) is 17.4. The molecule has 3 N–H and O–H groups in total. The van der Waals surface area contributed by atoms with Crippen LogP contribution in [-0.2, 0) is 9.53 Å². The number of nitrogens with two attached hydrogens (primary N) is 1. The van der Waals surface area contributed by atoms with E-state index >= 15 is 0 Å². The van der Waals surface area contributed by atoms with Gasteiger partial charge in [0, 0.05) is 25.9 Å². The first-order valence-electron chi connectivity index (χ1n) is 8.78. The average molecular weight is 332 g/mol. The van der Waals surface area contributed by atoms with Gasteiger partial charge in [-0.3, -0.25) is 4.79 Å². The van der Waals surface area contributed by atoms with Gasteiger partial charge in [0.15, 0.2) is 0 Å². The van der Waals surface area contributed by atoms with Crippen LogP contribution in [0.3, 0.4) is 0 Å². The molecule has 1 spiro atoms. The number of nitrogens with zero attached hydrogens (tertiary/aromatic N) is 1. The van der Waals surface area contributed by atoms with Crippen molar-refractivity contribution in [2.24, 2.45) is 5.73 Å². The lowest BCUT2D eigenvalue weighted by Crippen LogP contribution is -2.57. The molecular formula is C19H28N2O3. The van der Waals surface area contributed by atoms with Crippen LogP contribution in [0.1, 0.15) is 51.2 Å². The Morgan fingerprint density at radius 2 is 1.92 bits per heavy atom. The molecule has 0 aliphatic carbocycles. The largest absolute Gasteiger partial charge is 0.393 e. The molecule has 5 heteroatoms. The van der Waals surface area contributed by atoms with Gasteiger partial charge in [-0.15, -0.1) is 0 Å². The van der Waals surface area contributed by atoms with Crippen LogP contribution in [0.25, 0.3) is 0 Å². The van der Waals surface area contributed by atoms with Crippen molar-refractivity contribution in [3.8, 4) is 0 Å². The number of aliphatic hydroxyl groups excluding tert-OH is 1. The quantitative estimate of drug-likeness (QED) is 0.868. The molecule has 0 radical (unpaired) electrons. The van der Waals surface area contributed by atoms with Crippen LogP contribution in [0, 0.1) is 0 Å². The number of ether oxygens (including phenoxy) is 1. The Bertz CT molecular complexity index is 574. The Morgan fingerprint density at radius 1 is 1.29 bits per heavy atom. The van der Waals surface area contributed by atoms with Gasteiger partial charge in [-0.2, -0.15) is 0 Å². The lowest BCUT2D eigenvalue weighted by molar-refractivity contribution is -0.186. The highest BCUT2D eigenvalue weighted by molar-refractivity contribution is 5.85. The first-order chi connectivity index (χ1) is 11.3. The molecule has 2 aliphatic rings. The first-order valence-corrected chi connectivity index (χ1v) is 8.78. The molecule has 1 aromatic rings. The zero-order valence-corrected chi connectivity index (χ0v) is 14.6. The summed E-state index contributed by atoms with van der Waals surface area (Å²) in [6.07, 6.45) is 2.32. The van der Waals surface area contributed by atoms with Crippen LogP contribution < -0.4 is 5.73 Å². The maximum absolute atomic E-state index is 12.4. The van der Waals surface area contributed by atoms with E-state index in [1.165, 1.54) is 0 Å². The molecule has 2 saturated heterocycles. The van der Waals surface area contributed by atoms with E-state index in [0.717, 1.165) is 18.4 Å². The fourth-order valence-electron chi connectivity index (χ4n) is 3.88. The van der Waals surface area contributed by atoms with E-state index in [9.17, 15) is 9.90 Å². The minimum atomic E-state index is -0.843. The highest BCUT2D eigenvalue weighted by atomic mass is 16.5. The fourth-order valence-corrected chi connectivity index (χ4v) is 3.88. The summed E-state index contributed by atoms with van der Waals surface area (Å²) in [6.45, 7) is 4.75. The molecule has 3 rings (SSSR count). The van der Waals surface area contributed by atoms with E-state index in [0.29, 0.717) is 25.9 Å². The number of hydrogen-bond donors (Lipinski definition) is 2. The molecule has 1 amide bonds. The monoisotopic (exact) mass is 332 g/mol. The second kappa shape index (κ2) is 6.47. The maximum Gasteiger partial charge on any atom is 0.242 e. The lowest BCUT2D eigenvalue weighted by Gasteiger charge is -2.48. The Hall–Kier alpha value is -1.43. The molecule has 2 aliphatic heterocycles. The van der Waals surface area contributed by atoms with Gasteiger partial charge in [0.05, 0.1) is 23.3 Å². The molecule has 2 atom stereocenters. The van der Waals surface area contributed by atoms with Crippen LogP contribution in [0.4, 0.5) is 0 Å². The van der Waals surface area contributed by atoms with Gasteiger partial charge >= 0.3 is 0 Å². The van der Waals surface area contributed by atoms with Gasteiger partial charge in [0.1, 0.15) is 0 Å². The minimum absolute atomic E-state index is 0.0201. The topological polar surface area (TPSA) is 75.8 Å². The molecule has 2 heterocycles. The van der Waals surface area contributed by atoms with Crippen molar-refractivity contribution < 1.29 is 14.6 Å². The summed E-state index contributed by atoms with van der Waals surface area (Å²) in [5, 5.41) is 10.4. The molecule has 2 fully saturated rings. The molecule has 24 heavy (non-hydrogen) atoms. The van der Waals surface area contributed by atoms with Crippen molar-refractivity contribution in [3.63, 3.8) is 0 Å². The van der Waals surface area contributed by atoms with Crippen LogP contribution in [0.5, 0.6) is 0 Å². The summed E-state index contributed by atoms with van der Waals surface area (Å²) in [4.78, 5) is 14.2. The van der Waals surface area contributed by atoms with E-state index in [2.05, 4.69) is 0 Å². The highest BCUT2D eigenvalue weighted by Gasteiger charge is 2.45. The second-order valence-electron chi connectivity index (χ2n) is 7.81. The Morgan fingerprint density at radius 3 is 2.50 bits per heavy atom.